The molecule has 30 heavy (non-hydrogen) atoms. The fourth-order valence-corrected chi connectivity index (χ4v) is 5.62. The average Bonchev–Trinajstić information content (AvgIpc) is 3.11. The van der Waals surface area contributed by atoms with Gasteiger partial charge in [-0.1, -0.05) is 12.1 Å². The highest BCUT2D eigenvalue weighted by molar-refractivity contribution is 7.16. The van der Waals surface area contributed by atoms with Gasteiger partial charge in [-0.25, -0.2) is 4.79 Å². The van der Waals surface area contributed by atoms with Gasteiger partial charge < -0.3 is 14.8 Å². The van der Waals surface area contributed by atoms with Gasteiger partial charge in [-0.05, 0) is 68.2 Å². The molecule has 0 aliphatic heterocycles. The number of benzene rings is 1. The van der Waals surface area contributed by atoms with E-state index in [0.717, 1.165) is 59.7 Å². The van der Waals surface area contributed by atoms with E-state index in [1.165, 1.54) is 4.88 Å². The third-order valence-electron chi connectivity index (χ3n) is 5.76. The van der Waals surface area contributed by atoms with Crippen molar-refractivity contribution >= 4 is 28.1 Å². The predicted molar refractivity (Wildman–Crippen MR) is 119 cm³/mol. The first-order valence-corrected chi connectivity index (χ1v) is 11.4. The number of hydrogen-bond donors (Lipinski definition) is 1. The number of nitrogens with one attached hydrogen (secondary N) is 1. The van der Waals surface area contributed by atoms with Crippen molar-refractivity contribution in [2.75, 3.05) is 19.0 Å². The minimum atomic E-state index is -0.270. The highest BCUT2D eigenvalue weighted by atomic mass is 32.1. The second-order valence-electron chi connectivity index (χ2n) is 7.77. The van der Waals surface area contributed by atoms with E-state index in [-0.39, 0.29) is 17.7 Å². The van der Waals surface area contributed by atoms with Crippen LogP contribution in [0.1, 0.15) is 64.9 Å². The van der Waals surface area contributed by atoms with Crippen molar-refractivity contribution < 1.29 is 19.1 Å². The Balaban J connectivity index is 1.59. The van der Waals surface area contributed by atoms with E-state index < -0.39 is 0 Å². The van der Waals surface area contributed by atoms with Gasteiger partial charge in [-0.3, -0.25) is 4.79 Å². The number of thiophene rings is 1. The molecule has 0 unspecified atom stereocenters. The van der Waals surface area contributed by atoms with Gasteiger partial charge in [0.1, 0.15) is 10.8 Å². The van der Waals surface area contributed by atoms with Crippen LogP contribution in [0.15, 0.2) is 36.0 Å². The van der Waals surface area contributed by atoms with Crippen molar-refractivity contribution in [3.8, 4) is 5.75 Å². The molecule has 0 fully saturated rings. The number of rotatable bonds is 6. The van der Waals surface area contributed by atoms with Gasteiger partial charge in [-0.2, -0.15) is 0 Å². The van der Waals surface area contributed by atoms with E-state index >= 15 is 0 Å². The topological polar surface area (TPSA) is 64.6 Å². The normalized spacial score (nSPS) is 18.4. The molecule has 0 spiro atoms. The monoisotopic (exact) mass is 425 g/mol. The van der Waals surface area contributed by atoms with Gasteiger partial charge >= 0.3 is 5.97 Å². The van der Waals surface area contributed by atoms with E-state index in [2.05, 4.69) is 5.32 Å². The minimum Gasteiger partial charge on any atom is -0.497 e. The molecule has 2 aromatic rings. The van der Waals surface area contributed by atoms with Crippen LogP contribution in [0.2, 0.25) is 0 Å². The van der Waals surface area contributed by atoms with Crippen molar-refractivity contribution in [1.82, 2.24) is 0 Å². The maximum atomic E-state index is 12.7. The van der Waals surface area contributed by atoms with Gasteiger partial charge in [0.15, 0.2) is 5.78 Å². The molecule has 5 nitrogen and oxygen atoms in total. The number of esters is 1. The van der Waals surface area contributed by atoms with Crippen molar-refractivity contribution in [1.29, 1.82) is 0 Å². The number of ether oxygens (including phenoxy) is 2. The minimum absolute atomic E-state index is 0.101. The average molecular weight is 426 g/mol. The van der Waals surface area contributed by atoms with Gasteiger partial charge in [0.05, 0.1) is 19.3 Å². The SMILES string of the molecule is CCOC(=O)c1c(NC2=CC(=O)C[C@H](c3ccc(OC)cc3)C2)sc2c1CCCC2. The lowest BCUT2D eigenvalue weighted by Crippen LogP contribution is -2.17. The van der Waals surface area contributed by atoms with E-state index in [1.54, 1.807) is 24.5 Å². The van der Waals surface area contributed by atoms with Crippen molar-refractivity contribution in [3.63, 3.8) is 0 Å². The summed E-state index contributed by atoms with van der Waals surface area (Å²) in [4.78, 5) is 26.4. The summed E-state index contributed by atoms with van der Waals surface area (Å²) in [7, 11) is 1.64. The Morgan fingerprint density at radius 2 is 1.93 bits per heavy atom. The molecule has 2 aliphatic carbocycles. The van der Waals surface area contributed by atoms with E-state index in [0.29, 0.717) is 18.6 Å². The second-order valence-corrected chi connectivity index (χ2v) is 8.88. The van der Waals surface area contributed by atoms with Crippen LogP contribution in [0.5, 0.6) is 5.75 Å². The van der Waals surface area contributed by atoms with E-state index in [4.69, 9.17) is 9.47 Å². The molecule has 6 heteroatoms. The first-order chi connectivity index (χ1) is 14.6. The summed E-state index contributed by atoms with van der Waals surface area (Å²) in [5, 5.41) is 4.25. The highest BCUT2D eigenvalue weighted by Gasteiger charge is 2.28. The Hall–Kier alpha value is -2.60. The largest absolute Gasteiger partial charge is 0.497 e. The summed E-state index contributed by atoms with van der Waals surface area (Å²) in [6.45, 7) is 2.18. The summed E-state index contributed by atoms with van der Waals surface area (Å²) in [5.74, 6) is 0.743. The third-order valence-corrected chi connectivity index (χ3v) is 6.97. The maximum Gasteiger partial charge on any atom is 0.341 e. The first kappa shape index (κ1) is 20.7. The highest BCUT2D eigenvalue weighted by Crippen LogP contribution is 2.41. The molecular weight excluding hydrogens is 398 g/mol. The summed E-state index contributed by atoms with van der Waals surface area (Å²) < 4.78 is 10.6. The van der Waals surface area contributed by atoms with Crippen LogP contribution >= 0.6 is 11.3 Å². The molecule has 0 radical (unpaired) electrons. The summed E-state index contributed by atoms with van der Waals surface area (Å²) in [6.07, 6.45) is 7.06. The molecule has 1 aromatic heterocycles. The molecule has 1 atom stereocenters. The maximum absolute atomic E-state index is 12.7. The van der Waals surface area contributed by atoms with Gasteiger partial charge in [0.25, 0.3) is 0 Å². The fourth-order valence-electron chi connectivity index (χ4n) is 4.31. The molecule has 1 aromatic carbocycles. The third kappa shape index (κ3) is 4.29. The van der Waals surface area contributed by atoms with E-state index in [1.807, 2.05) is 31.2 Å². The fraction of sp³-hybridized carbons (Fsp3) is 0.417. The molecule has 0 saturated carbocycles. The Kier molecular flexibility index (Phi) is 6.23. The molecule has 158 valence electrons. The lowest BCUT2D eigenvalue weighted by Gasteiger charge is -2.23. The van der Waals surface area contributed by atoms with Crippen LogP contribution in [-0.4, -0.2) is 25.5 Å². The molecule has 2 aliphatic rings. The zero-order valence-electron chi connectivity index (χ0n) is 17.5. The summed E-state index contributed by atoms with van der Waals surface area (Å²) in [6, 6.07) is 7.90. The van der Waals surface area contributed by atoms with Crippen LogP contribution in [0.4, 0.5) is 5.00 Å². The number of fused-ring (bicyclic) bond motifs is 1. The Bertz CT molecular complexity index is 974. The Morgan fingerprint density at radius 3 is 2.67 bits per heavy atom. The first-order valence-electron chi connectivity index (χ1n) is 10.5. The number of carbonyl (C=O) groups is 2. The molecule has 0 bridgehead atoms. The van der Waals surface area contributed by atoms with Crippen molar-refractivity contribution in [2.45, 2.75) is 51.4 Å². The molecule has 0 saturated heterocycles. The number of anilines is 1. The molecular formula is C24H27NO4S. The molecule has 1 N–H and O–H groups in total. The lowest BCUT2D eigenvalue weighted by molar-refractivity contribution is -0.115. The van der Waals surface area contributed by atoms with Crippen LogP contribution in [0.3, 0.4) is 0 Å². The zero-order chi connectivity index (χ0) is 21.1. The second kappa shape index (κ2) is 9.04. The molecule has 0 amide bonds. The predicted octanol–water partition coefficient (Wildman–Crippen LogP) is 5.25. The number of aryl methyl sites for hydroxylation is 1. The van der Waals surface area contributed by atoms with Crippen LogP contribution in [-0.2, 0) is 22.4 Å². The quantitative estimate of drug-likeness (QED) is 0.640. The summed E-state index contributed by atoms with van der Waals surface area (Å²) >= 11 is 1.63. The number of ketones is 1. The summed E-state index contributed by atoms with van der Waals surface area (Å²) in [5.41, 5.74) is 3.77. The standard InChI is InChI=1S/C24H27NO4S/c1-3-29-24(27)22-20-6-4-5-7-21(20)30-23(22)25-17-12-16(13-18(26)14-17)15-8-10-19(28-2)11-9-15/h8-11,14,16,25H,3-7,12-13H2,1-2H3/t16-/m1/s1. The lowest BCUT2D eigenvalue weighted by atomic mass is 9.85. The zero-order valence-corrected chi connectivity index (χ0v) is 18.3. The molecule has 1 heterocycles. The van der Waals surface area contributed by atoms with Gasteiger partial charge in [-0.15, -0.1) is 11.3 Å². The van der Waals surface area contributed by atoms with Crippen LogP contribution in [0, 0.1) is 0 Å². The van der Waals surface area contributed by atoms with Crippen LogP contribution < -0.4 is 10.1 Å². The van der Waals surface area contributed by atoms with E-state index in [9.17, 15) is 9.59 Å². The number of allylic oxidation sites excluding steroid dienone is 2. The van der Waals surface area contributed by atoms with Crippen LogP contribution in [0.25, 0.3) is 0 Å². The number of methoxy groups -OCH3 is 1. The number of hydrogen-bond acceptors (Lipinski definition) is 6. The van der Waals surface area contributed by atoms with Crippen molar-refractivity contribution in [2.24, 2.45) is 0 Å². The van der Waals surface area contributed by atoms with Gasteiger partial charge in [0, 0.05) is 23.1 Å². The molecule has 4 rings (SSSR count). The van der Waals surface area contributed by atoms with Gasteiger partial charge in [0.2, 0.25) is 0 Å². The smallest absolute Gasteiger partial charge is 0.341 e. The number of carbonyl (C=O) groups excluding carboxylic acids is 2. The Morgan fingerprint density at radius 1 is 1.17 bits per heavy atom. The Labute approximate surface area is 181 Å². The van der Waals surface area contributed by atoms with Crippen molar-refractivity contribution in [3.05, 3.63) is 57.6 Å².